The average Bonchev–Trinajstić information content (AvgIpc) is 3.21. The van der Waals surface area contributed by atoms with Gasteiger partial charge in [0.2, 0.25) is 0 Å². The van der Waals surface area contributed by atoms with E-state index in [1.807, 2.05) is 4.90 Å². The van der Waals surface area contributed by atoms with Crippen molar-refractivity contribution in [2.24, 2.45) is 41.4 Å². The number of Topliss-reactive ketones (excluding diaryl/α,β-unsaturated/α-hetero) is 1. The van der Waals surface area contributed by atoms with Crippen LogP contribution in [0.2, 0.25) is 48.4 Å². The lowest BCUT2D eigenvalue weighted by molar-refractivity contribution is -0.0344. The van der Waals surface area contributed by atoms with Crippen molar-refractivity contribution in [2.45, 2.75) is 183 Å². The molecule has 28 heteroatoms. The van der Waals surface area contributed by atoms with Gasteiger partial charge in [0.1, 0.15) is 18.0 Å². The summed E-state index contributed by atoms with van der Waals surface area (Å²) >= 11 is 0. The summed E-state index contributed by atoms with van der Waals surface area (Å²) in [6.07, 6.45) is -1.38. The molecule has 6 saturated heterocycles. The van der Waals surface area contributed by atoms with Crippen LogP contribution >= 0.6 is 0 Å². The molecule has 78 heavy (non-hydrogen) atoms. The largest absolute Gasteiger partial charge is 0.491 e. The minimum absolute atomic E-state index is 0.000841. The highest BCUT2D eigenvalue weighted by molar-refractivity contribution is 7.03. The Kier molecular flexibility index (Phi) is 23.1. The highest BCUT2D eigenvalue weighted by Crippen LogP contribution is 2.56. The summed E-state index contributed by atoms with van der Waals surface area (Å²) in [6, 6.07) is 9.59. The second-order valence-electron chi connectivity index (χ2n) is 25.8. The van der Waals surface area contributed by atoms with Crippen molar-refractivity contribution in [3.8, 4) is 5.75 Å². The molecule has 0 saturated carbocycles. The van der Waals surface area contributed by atoms with E-state index in [4.69, 9.17) is 63.6 Å². The Bertz CT molecular complexity index is 1920. The van der Waals surface area contributed by atoms with Gasteiger partial charge in [-0.15, -0.1) is 0 Å². The Hall–Kier alpha value is -0.295. The Morgan fingerprint density at radius 1 is 0.500 bits per heavy atom. The number of methoxy groups -OCH3 is 1. The molecule has 20 nitrogen and oxygen atoms in total. The highest BCUT2D eigenvalue weighted by atomic mass is 28.6. The van der Waals surface area contributed by atoms with Crippen molar-refractivity contribution in [2.75, 3.05) is 53.2 Å². The fraction of sp³-hybridized carbons (Fsp3) is 0.860. The topological polar surface area (TPSA) is 219 Å². The van der Waals surface area contributed by atoms with Crippen LogP contribution in [0.25, 0.3) is 0 Å². The molecule has 2 unspecified atom stereocenters. The maximum absolute atomic E-state index is 12.5. The molecule has 8 bridgehead atoms. The van der Waals surface area contributed by atoms with E-state index in [9.17, 15) is 20.1 Å². The van der Waals surface area contributed by atoms with E-state index in [-0.39, 0.29) is 92.8 Å². The number of ketones is 1. The van der Waals surface area contributed by atoms with Gasteiger partial charge in [-0.1, -0.05) is 96.9 Å². The Morgan fingerprint density at radius 3 is 1.10 bits per heavy atom. The first-order chi connectivity index (χ1) is 36.2. The molecule has 3 N–H and O–H groups in total. The zero-order chi connectivity index (χ0) is 57.8. The molecular weight excluding hydrogens is 1140 g/mol. The van der Waals surface area contributed by atoms with E-state index in [2.05, 4.69) is 96.9 Å². The third-order valence-corrected chi connectivity index (χ3v) is 53.1. The third-order valence-electron chi connectivity index (χ3n) is 13.1. The Morgan fingerprint density at radius 2 is 0.808 bits per heavy atom. The van der Waals surface area contributed by atoms with Gasteiger partial charge in [-0.2, -0.15) is 0 Å². The summed E-state index contributed by atoms with van der Waals surface area (Å²) in [4.78, 5) is 14.5. The molecule has 1 aromatic rings. The quantitative estimate of drug-likeness (QED) is 0.0350. The number of rotatable bonds is 32. The van der Waals surface area contributed by atoms with Crippen molar-refractivity contribution in [1.29, 1.82) is 0 Å². The van der Waals surface area contributed by atoms with Gasteiger partial charge >= 0.3 is 70.4 Å². The van der Waals surface area contributed by atoms with Gasteiger partial charge in [0.15, 0.2) is 5.78 Å². The van der Waals surface area contributed by atoms with Crippen LogP contribution in [0.4, 0.5) is 0 Å². The molecule has 0 amide bonds. The van der Waals surface area contributed by atoms with E-state index >= 15 is 0 Å². The highest BCUT2D eigenvalue weighted by Gasteiger charge is 2.83. The summed E-state index contributed by atoms with van der Waals surface area (Å²) in [6.45, 7) is 34.0. The number of benzene rings is 1. The summed E-state index contributed by atoms with van der Waals surface area (Å²) in [5.41, 5.74) is -1.10. The first kappa shape index (κ1) is 66.8. The van der Waals surface area contributed by atoms with Crippen LogP contribution in [0.15, 0.2) is 24.3 Å². The smallest absolute Gasteiger partial charge is 0.479 e. The van der Waals surface area contributed by atoms with Gasteiger partial charge in [-0.05, 0) is 92.5 Å². The van der Waals surface area contributed by atoms with Crippen molar-refractivity contribution < 1.29 is 83.7 Å². The molecule has 6 aliphatic rings. The van der Waals surface area contributed by atoms with Gasteiger partial charge < -0.3 is 78.9 Å². The van der Waals surface area contributed by atoms with E-state index in [1.54, 1.807) is 31.4 Å². The summed E-state index contributed by atoms with van der Waals surface area (Å²) < 4.78 is 112. The molecule has 6 aliphatic heterocycles. The molecule has 7 rings (SSSR count). The van der Waals surface area contributed by atoms with Crippen LogP contribution in [-0.4, -0.2) is 167 Å². The van der Waals surface area contributed by atoms with Gasteiger partial charge in [0.05, 0.1) is 32.0 Å². The molecule has 0 radical (unpaired) electrons. The third kappa shape index (κ3) is 18.1. The first-order valence-electron chi connectivity index (χ1n) is 28.8. The zero-order valence-corrected chi connectivity index (χ0v) is 58.1. The minimum atomic E-state index is -4.27. The monoisotopic (exact) mass is 1240 g/mol. The number of aliphatic hydroxyl groups excluding tert-OH is 2. The van der Waals surface area contributed by atoms with Gasteiger partial charge in [-0.3, -0.25) is 9.69 Å². The van der Waals surface area contributed by atoms with Crippen LogP contribution in [0, 0.1) is 41.4 Å². The van der Waals surface area contributed by atoms with Gasteiger partial charge in [0.25, 0.3) is 0 Å². The zero-order valence-electron chi connectivity index (χ0n) is 50.1. The second-order valence-corrected chi connectivity index (χ2v) is 49.9. The number of carbonyl (C=O) groups excluding carboxylic acids is 1. The van der Waals surface area contributed by atoms with E-state index in [0.29, 0.717) is 66.6 Å². The summed E-state index contributed by atoms with van der Waals surface area (Å²) in [5.74, 6) is 0.386. The van der Waals surface area contributed by atoms with Crippen LogP contribution in [-0.2, 0) is 58.9 Å². The molecule has 1 aromatic carbocycles. The predicted molar refractivity (Wildman–Crippen MR) is 310 cm³/mol. The maximum atomic E-state index is 12.5. The van der Waals surface area contributed by atoms with Crippen molar-refractivity contribution in [3.05, 3.63) is 29.8 Å². The van der Waals surface area contributed by atoms with E-state index in [0.717, 1.165) is 0 Å². The summed E-state index contributed by atoms with van der Waals surface area (Å²) in [7, 11) is -31.4. The van der Waals surface area contributed by atoms with Crippen LogP contribution in [0.1, 0.15) is 128 Å². The van der Waals surface area contributed by atoms with Crippen LogP contribution in [0.3, 0.4) is 0 Å². The number of nitrogens with zero attached hydrogens (tertiary/aromatic N) is 1. The summed E-state index contributed by atoms with van der Waals surface area (Å²) in [5, 5.41) is 32.8. The van der Waals surface area contributed by atoms with Gasteiger partial charge in [0, 0.05) is 74.1 Å². The molecule has 6 fully saturated rings. The fourth-order valence-electron chi connectivity index (χ4n) is 11.0. The molecule has 2 atom stereocenters. The maximum Gasteiger partial charge on any atom is 0.479 e. The number of ether oxygens (including phenoxy) is 3. The Labute approximate surface area is 475 Å². The number of hydrogen-bond donors (Lipinski definition) is 3. The van der Waals surface area contributed by atoms with Crippen molar-refractivity contribution >= 4 is 76.2 Å². The first-order valence-corrected chi connectivity index (χ1v) is 44.2. The fourth-order valence-corrected chi connectivity index (χ4v) is 62.6. The number of hydrogen-bond acceptors (Lipinski definition) is 20. The van der Waals surface area contributed by atoms with Gasteiger partial charge in [-0.25, -0.2) is 0 Å². The molecule has 0 aromatic heterocycles. The molecule has 6 heterocycles. The van der Waals surface area contributed by atoms with E-state index < -0.39 is 88.2 Å². The lowest BCUT2D eigenvalue weighted by atomic mass is 9.97. The average molecular weight is 1240 g/mol. The normalized spacial score (nSPS) is 32.9. The molecule has 0 spiro atoms. The standard InChI is InChI=1S/C50H99NO19Si8/c1-38(2)31-72-59-71(26-18-23-51(27-46(52)29-56-17)28-47(53)30-57-24-25-58-48-21-19-45(20-22-48)49(54)50(15,16)55)60-73(32-39(3)4)64-75(62-72,34-41(7)8)68-78(37-44(13)14)69-76(63-72,35-42(9)10)65-74(61-71,33-40(5)6)67-77(66-73,70-78)36-43(11)12/h19-22,38-44,46-47,52-53,55H,18,23-37H2,1-17H3. The lowest BCUT2D eigenvalue weighted by Gasteiger charge is -2.64. The van der Waals surface area contributed by atoms with Crippen molar-refractivity contribution in [3.63, 3.8) is 0 Å². The van der Waals surface area contributed by atoms with E-state index in [1.165, 1.54) is 13.8 Å². The number of carbonyl (C=O) groups is 1. The second kappa shape index (κ2) is 27.0. The Balaban J connectivity index is 1.40. The number of aliphatic hydroxyl groups is 3. The SMILES string of the molecule is COCC(O)CN(CCC[Si]12O[Si]3(CC(C)C)O[Si]4(CC(C)C)O[Si](CC(C)C)(O1)O[Si]1(CC(C)C)O[Si](CC(C)C)(O2)O[Si](CC(C)C)(O3)O[Si](CC(C)C)(O4)O1)CC(O)COCCOc1ccc(C(=O)C(C)(C)O)cc1. The van der Waals surface area contributed by atoms with Crippen LogP contribution in [0.5, 0.6) is 5.75 Å². The van der Waals surface area contributed by atoms with Crippen LogP contribution < -0.4 is 4.74 Å². The molecule has 0 aliphatic carbocycles. The predicted octanol–water partition coefficient (Wildman–Crippen LogP) is 8.47. The molecule has 450 valence electrons. The van der Waals surface area contributed by atoms with Crippen molar-refractivity contribution in [1.82, 2.24) is 4.90 Å². The molecular formula is C50H99NO19Si8. The minimum Gasteiger partial charge on any atom is -0.491 e. The lowest BCUT2D eigenvalue weighted by Crippen LogP contribution is -2.88.